The minimum Gasteiger partial charge on any atom is -0.476 e. The van der Waals surface area contributed by atoms with Crippen molar-refractivity contribution in [3.63, 3.8) is 0 Å². The number of rotatable bonds is 3. The third-order valence-electron chi connectivity index (χ3n) is 2.66. The lowest BCUT2D eigenvalue weighted by Gasteiger charge is -2.32. The van der Waals surface area contributed by atoms with Crippen LogP contribution in [-0.2, 0) is 0 Å². The quantitative estimate of drug-likeness (QED) is 0.750. The molecule has 2 rings (SSSR count). The summed E-state index contributed by atoms with van der Waals surface area (Å²) >= 11 is 0. The van der Waals surface area contributed by atoms with E-state index in [2.05, 4.69) is 27.6 Å². The molecule has 0 atom stereocenters. The highest BCUT2D eigenvalue weighted by molar-refractivity contribution is 5.85. The number of likely N-dealkylation sites (N-methyl/N-ethyl adjacent to an activating group) is 1. The minimum absolute atomic E-state index is 0.0473. The number of aromatic carboxylic acids is 1. The van der Waals surface area contributed by atoms with E-state index >= 15 is 0 Å². The molecule has 2 N–H and O–H groups in total. The van der Waals surface area contributed by atoms with E-state index in [1.807, 2.05) is 5.01 Å². The summed E-state index contributed by atoms with van der Waals surface area (Å²) in [5, 5.41) is 18.2. The van der Waals surface area contributed by atoms with E-state index < -0.39 is 5.97 Å². The second kappa shape index (κ2) is 5.07. The van der Waals surface area contributed by atoms with Crippen LogP contribution in [0.5, 0.6) is 0 Å². The number of hydrogen-bond acceptors (Lipinski definition) is 6. The molecule has 1 fully saturated rings. The molecule has 1 aromatic heterocycles. The van der Waals surface area contributed by atoms with Crippen molar-refractivity contribution in [2.24, 2.45) is 0 Å². The molecular weight excluding hydrogens is 222 g/mol. The fraction of sp³-hybridized carbons (Fsp3) is 0.500. The average molecular weight is 237 g/mol. The number of nitrogens with zero attached hydrogens (tertiary/aromatic N) is 4. The lowest BCUT2D eigenvalue weighted by molar-refractivity contribution is 0.0689. The van der Waals surface area contributed by atoms with Gasteiger partial charge in [0, 0.05) is 26.2 Å². The van der Waals surface area contributed by atoms with E-state index in [-0.39, 0.29) is 5.69 Å². The molecule has 0 radical (unpaired) electrons. The molecule has 7 heteroatoms. The maximum atomic E-state index is 10.6. The van der Waals surface area contributed by atoms with E-state index in [9.17, 15) is 4.79 Å². The number of nitrogens with one attached hydrogen (secondary N) is 1. The maximum absolute atomic E-state index is 10.6. The zero-order valence-electron chi connectivity index (χ0n) is 9.63. The predicted molar refractivity (Wildman–Crippen MR) is 61.7 cm³/mol. The second-order valence-corrected chi connectivity index (χ2v) is 4.01. The Balaban J connectivity index is 1.92. The molecule has 1 aromatic rings. The topological polar surface area (TPSA) is 81.6 Å². The van der Waals surface area contributed by atoms with Crippen LogP contribution in [0.15, 0.2) is 12.1 Å². The normalized spacial score (nSPS) is 17.9. The van der Waals surface area contributed by atoms with E-state index in [0.29, 0.717) is 5.82 Å². The summed E-state index contributed by atoms with van der Waals surface area (Å²) < 4.78 is 0. The van der Waals surface area contributed by atoms with Crippen molar-refractivity contribution in [1.82, 2.24) is 20.1 Å². The average Bonchev–Trinajstić information content (AvgIpc) is 2.33. The highest BCUT2D eigenvalue weighted by atomic mass is 16.4. The molecule has 1 aliphatic rings. The summed E-state index contributed by atoms with van der Waals surface area (Å²) in [6.45, 7) is 3.79. The number of aromatic nitrogens is 2. The van der Waals surface area contributed by atoms with Crippen LogP contribution in [0.25, 0.3) is 0 Å². The third kappa shape index (κ3) is 3.11. The largest absolute Gasteiger partial charge is 0.476 e. The maximum Gasteiger partial charge on any atom is 0.356 e. The van der Waals surface area contributed by atoms with E-state index in [1.165, 1.54) is 6.07 Å². The fourth-order valence-corrected chi connectivity index (χ4v) is 1.59. The van der Waals surface area contributed by atoms with Gasteiger partial charge in [0.25, 0.3) is 0 Å². The molecule has 0 bridgehead atoms. The van der Waals surface area contributed by atoms with Crippen molar-refractivity contribution >= 4 is 11.8 Å². The van der Waals surface area contributed by atoms with Gasteiger partial charge in [-0.2, -0.15) is 0 Å². The molecule has 0 spiro atoms. The van der Waals surface area contributed by atoms with Crippen molar-refractivity contribution in [2.45, 2.75) is 0 Å². The van der Waals surface area contributed by atoms with Gasteiger partial charge in [-0.05, 0) is 19.2 Å². The molecule has 0 saturated carbocycles. The van der Waals surface area contributed by atoms with Gasteiger partial charge in [0.2, 0.25) is 0 Å². The Bertz CT molecular complexity index is 386. The first kappa shape index (κ1) is 11.7. The lowest BCUT2D eigenvalue weighted by atomic mass is 10.4. The summed E-state index contributed by atoms with van der Waals surface area (Å²) in [5.74, 6) is -0.497. The van der Waals surface area contributed by atoms with Crippen LogP contribution < -0.4 is 5.43 Å². The Labute approximate surface area is 99.0 Å². The molecule has 0 aromatic carbocycles. The van der Waals surface area contributed by atoms with E-state index in [1.54, 1.807) is 6.07 Å². The lowest BCUT2D eigenvalue weighted by Crippen LogP contribution is -2.47. The Morgan fingerprint density at radius 1 is 1.29 bits per heavy atom. The van der Waals surface area contributed by atoms with Crippen molar-refractivity contribution in [3.8, 4) is 0 Å². The van der Waals surface area contributed by atoms with Gasteiger partial charge in [0.15, 0.2) is 11.5 Å². The van der Waals surface area contributed by atoms with E-state index in [4.69, 9.17) is 5.11 Å². The summed E-state index contributed by atoms with van der Waals surface area (Å²) in [4.78, 5) is 12.8. The number of anilines is 1. The van der Waals surface area contributed by atoms with Crippen LogP contribution in [0.4, 0.5) is 5.82 Å². The van der Waals surface area contributed by atoms with Crippen LogP contribution in [0, 0.1) is 0 Å². The molecule has 1 aliphatic heterocycles. The van der Waals surface area contributed by atoms with Crippen LogP contribution in [0.1, 0.15) is 10.5 Å². The smallest absolute Gasteiger partial charge is 0.356 e. The second-order valence-electron chi connectivity index (χ2n) is 4.01. The van der Waals surface area contributed by atoms with Crippen molar-refractivity contribution < 1.29 is 9.90 Å². The Morgan fingerprint density at radius 2 is 2.00 bits per heavy atom. The first-order valence-electron chi connectivity index (χ1n) is 5.42. The highest BCUT2D eigenvalue weighted by Gasteiger charge is 2.14. The summed E-state index contributed by atoms with van der Waals surface area (Å²) in [6, 6.07) is 3.06. The molecule has 0 amide bonds. The Kier molecular flexibility index (Phi) is 3.50. The molecule has 92 valence electrons. The fourth-order valence-electron chi connectivity index (χ4n) is 1.59. The number of carboxylic acids is 1. The molecule has 17 heavy (non-hydrogen) atoms. The number of hydrazine groups is 1. The number of carbonyl (C=O) groups is 1. The van der Waals surface area contributed by atoms with Gasteiger partial charge in [-0.25, -0.2) is 9.80 Å². The van der Waals surface area contributed by atoms with Gasteiger partial charge >= 0.3 is 5.97 Å². The molecule has 2 heterocycles. The van der Waals surface area contributed by atoms with Crippen LogP contribution in [0.2, 0.25) is 0 Å². The van der Waals surface area contributed by atoms with Gasteiger partial charge < -0.3 is 15.4 Å². The van der Waals surface area contributed by atoms with E-state index in [0.717, 1.165) is 26.2 Å². The van der Waals surface area contributed by atoms with Gasteiger partial charge in [-0.1, -0.05) is 0 Å². The summed E-state index contributed by atoms with van der Waals surface area (Å²) in [7, 11) is 2.08. The monoisotopic (exact) mass is 237 g/mol. The number of hydrogen-bond donors (Lipinski definition) is 2. The van der Waals surface area contributed by atoms with Crippen LogP contribution >= 0.6 is 0 Å². The Hall–Kier alpha value is -1.73. The SMILES string of the molecule is CN1CCN(Nc2ccc(C(=O)O)nn2)CC1. The van der Waals surface area contributed by atoms with Crippen molar-refractivity contribution in [2.75, 3.05) is 38.7 Å². The minimum atomic E-state index is -1.07. The number of piperazine rings is 1. The van der Waals surface area contributed by atoms with Gasteiger partial charge in [0.05, 0.1) is 0 Å². The molecule has 7 nitrogen and oxygen atoms in total. The van der Waals surface area contributed by atoms with Gasteiger partial charge in [-0.3, -0.25) is 0 Å². The zero-order chi connectivity index (χ0) is 12.3. The third-order valence-corrected chi connectivity index (χ3v) is 2.66. The first-order chi connectivity index (χ1) is 8.15. The van der Waals surface area contributed by atoms with Crippen LogP contribution in [-0.4, -0.2) is 64.4 Å². The van der Waals surface area contributed by atoms with Crippen molar-refractivity contribution in [1.29, 1.82) is 0 Å². The first-order valence-corrected chi connectivity index (χ1v) is 5.42. The highest BCUT2D eigenvalue weighted by Crippen LogP contribution is 2.05. The summed E-state index contributed by atoms with van der Waals surface area (Å²) in [6.07, 6.45) is 0. The van der Waals surface area contributed by atoms with Gasteiger partial charge in [0.1, 0.15) is 0 Å². The zero-order valence-corrected chi connectivity index (χ0v) is 9.63. The van der Waals surface area contributed by atoms with Crippen LogP contribution in [0.3, 0.4) is 0 Å². The van der Waals surface area contributed by atoms with Gasteiger partial charge in [-0.15, -0.1) is 10.2 Å². The predicted octanol–water partition coefficient (Wildman–Crippen LogP) is -0.251. The molecular formula is C10H15N5O2. The number of carboxylic acid groups (broad SMARTS) is 1. The molecule has 0 aliphatic carbocycles. The summed E-state index contributed by atoms with van der Waals surface area (Å²) in [5.41, 5.74) is 3.06. The van der Waals surface area contributed by atoms with Crippen molar-refractivity contribution in [3.05, 3.63) is 17.8 Å². The molecule has 0 unspecified atom stereocenters. The standard InChI is InChI=1S/C10H15N5O2/c1-14-4-6-15(7-5-14)13-9-3-2-8(10(16)17)11-12-9/h2-3H,4-7H2,1H3,(H,12,13)(H,16,17). The Morgan fingerprint density at radius 3 is 2.53 bits per heavy atom. The molecule has 1 saturated heterocycles.